The Morgan fingerprint density at radius 1 is 1.50 bits per heavy atom. The van der Waals surface area contributed by atoms with Crippen molar-refractivity contribution in [3.05, 3.63) is 17.8 Å². The molecule has 2 rings (SSSR count). The topological polar surface area (TPSA) is 66.9 Å². The summed E-state index contributed by atoms with van der Waals surface area (Å²) < 4.78 is 13.7. The minimum absolute atomic E-state index is 0.00446. The molecule has 0 spiro atoms. The zero-order valence-electron chi connectivity index (χ0n) is 10.4. The van der Waals surface area contributed by atoms with E-state index in [0.717, 1.165) is 12.8 Å². The number of carbonyl (C=O) groups excluding carboxylic acids is 1. The maximum absolute atomic E-state index is 13.7. The zero-order chi connectivity index (χ0) is 13.0. The van der Waals surface area contributed by atoms with Crippen molar-refractivity contribution in [2.45, 2.75) is 38.6 Å². The van der Waals surface area contributed by atoms with E-state index in [0.29, 0.717) is 31.1 Å². The van der Waals surface area contributed by atoms with E-state index in [1.807, 2.05) is 6.92 Å². The highest BCUT2D eigenvalue weighted by atomic mass is 19.1. The summed E-state index contributed by atoms with van der Waals surface area (Å²) in [4.78, 5) is 19.1. The number of aryl methyl sites for hydroxylation is 1. The molecule has 1 aliphatic carbocycles. The van der Waals surface area contributed by atoms with E-state index in [1.54, 1.807) is 0 Å². The Kier molecular flexibility index (Phi) is 4.07. The highest BCUT2D eigenvalue weighted by Gasteiger charge is 2.22. The van der Waals surface area contributed by atoms with Crippen LogP contribution in [0.5, 0.6) is 0 Å². The van der Waals surface area contributed by atoms with Crippen LogP contribution in [0.15, 0.2) is 6.33 Å². The maximum atomic E-state index is 13.7. The fraction of sp³-hybridized carbons (Fsp3) is 0.583. The Balaban J connectivity index is 1.80. The molecular formula is C12H17FN4O. The third-order valence-corrected chi connectivity index (χ3v) is 2.78. The van der Waals surface area contributed by atoms with Crippen molar-refractivity contribution >= 4 is 11.7 Å². The van der Waals surface area contributed by atoms with Crippen LogP contribution < -0.4 is 10.6 Å². The number of hydrogen-bond acceptors (Lipinski definition) is 4. The second-order valence-corrected chi connectivity index (χ2v) is 4.36. The Morgan fingerprint density at radius 2 is 2.28 bits per heavy atom. The molecule has 0 atom stereocenters. The highest BCUT2D eigenvalue weighted by Crippen LogP contribution is 2.18. The lowest BCUT2D eigenvalue weighted by Crippen LogP contribution is -2.27. The number of hydrogen-bond donors (Lipinski definition) is 2. The van der Waals surface area contributed by atoms with Crippen LogP contribution in [-0.2, 0) is 11.2 Å². The minimum atomic E-state index is -0.428. The summed E-state index contributed by atoms with van der Waals surface area (Å²) >= 11 is 0. The monoisotopic (exact) mass is 252 g/mol. The van der Waals surface area contributed by atoms with Crippen LogP contribution >= 0.6 is 0 Å². The number of carbonyl (C=O) groups is 1. The molecule has 1 saturated carbocycles. The van der Waals surface area contributed by atoms with Crippen molar-refractivity contribution in [2.24, 2.45) is 0 Å². The SMILES string of the molecule is CCc1ncnc(NCCC(=O)NC2CC2)c1F. The van der Waals surface area contributed by atoms with Gasteiger partial charge in [-0.3, -0.25) is 4.79 Å². The first-order valence-corrected chi connectivity index (χ1v) is 6.23. The van der Waals surface area contributed by atoms with Gasteiger partial charge in [-0.15, -0.1) is 0 Å². The Hall–Kier alpha value is -1.72. The predicted octanol–water partition coefficient (Wildman–Crippen LogP) is 1.26. The first-order valence-electron chi connectivity index (χ1n) is 6.23. The van der Waals surface area contributed by atoms with Gasteiger partial charge in [-0.25, -0.2) is 14.4 Å². The van der Waals surface area contributed by atoms with Gasteiger partial charge in [-0.1, -0.05) is 6.92 Å². The van der Waals surface area contributed by atoms with Gasteiger partial charge in [-0.2, -0.15) is 0 Å². The fourth-order valence-electron chi connectivity index (χ4n) is 1.60. The summed E-state index contributed by atoms with van der Waals surface area (Å²) in [6.45, 7) is 2.20. The van der Waals surface area contributed by atoms with Crippen LogP contribution in [0.1, 0.15) is 31.9 Å². The smallest absolute Gasteiger partial charge is 0.221 e. The largest absolute Gasteiger partial charge is 0.367 e. The molecule has 98 valence electrons. The Bertz CT molecular complexity index is 434. The van der Waals surface area contributed by atoms with Gasteiger partial charge in [0.15, 0.2) is 11.6 Å². The fourth-order valence-corrected chi connectivity index (χ4v) is 1.60. The third kappa shape index (κ3) is 3.38. The molecule has 1 heterocycles. The Labute approximate surface area is 105 Å². The molecule has 0 bridgehead atoms. The van der Waals surface area contributed by atoms with Crippen LogP contribution in [0.2, 0.25) is 0 Å². The van der Waals surface area contributed by atoms with Gasteiger partial charge in [0.1, 0.15) is 6.33 Å². The second-order valence-electron chi connectivity index (χ2n) is 4.36. The molecule has 18 heavy (non-hydrogen) atoms. The van der Waals surface area contributed by atoms with Crippen LogP contribution in [0.3, 0.4) is 0 Å². The lowest BCUT2D eigenvalue weighted by Gasteiger charge is -2.08. The van der Waals surface area contributed by atoms with Crippen molar-refractivity contribution in [3.63, 3.8) is 0 Å². The first kappa shape index (κ1) is 12.7. The van der Waals surface area contributed by atoms with Crippen LogP contribution in [0, 0.1) is 5.82 Å². The molecule has 1 amide bonds. The van der Waals surface area contributed by atoms with Crippen LogP contribution in [0.4, 0.5) is 10.2 Å². The molecule has 0 unspecified atom stereocenters. The number of nitrogens with one attached hydrogen (secondary N) is 2. The molecule has 6 heteroatoms. The lowest BCUT2D eigenvalue weighted by molar-refractivity contribution is -0.120. The summed E-state index contributed by atoms with van der Waals surface area (Å²) in [6.07, 6.45) is 4.31. The van der Waals surface area contributed by atoms with E-state index < -0.39 is 5.82 Å². The molecule has 1 aromatic rings. The van der Waals surface area contributed by atoms with Crippen molar-refractivity contribution in [3.8, 4) is 0 Å². The molecule has 0 aliphatic heterocycles. The molecule has 0 saturated heterocycles. The van der Waals surface area contributed by atoms with Crippen LogP contribution in [-0.4, -0.2) is 28.5 Å². The van der Waals surface area contributed by atoms with E-state index in [4.69, 9.17) is 0 Å². The highest BCUT2D eigenvalue weighted by molar-refractivity contribution is 5.77. The van der Waals surface area contributed by atoms with Gasteiger partial charge in [0.05, 0.1) is 5.69 Å². The zero-order valence-corrected chi connectivity index (χ0v) is 10.4. The second kappa shape index (κ2) is 5.75. The lowest BCUT2D eigenvalue weighted by atomic mass is 10.3. The number of rotatable bonds is 6. The molecule has 1 fully saturated rings. The van der Waals surface area contributed by atoms with Crippen molar-refractivity contribution < 1.29 is 9.18 Å². The van der Waals surface area contributed by atoms with Gasteiger partial charge < -0.3 is 10.6 Å². The molecule has 0 radical (unpaired) electrons. The van der Waals surface area contributed by atoms with Gasteiger partial charge in [0.2, 0.25) is 5.91 Å². The quantitative estimate of drug-likeness (QED) is 0.800. The minimum Gasteiger partial charge on any atom is -0.367 e. The molecule has 2 N–H and O–H groups in total. The van der Waals surface area contributed by atoms with E-state index >= 15 is 0 Å². The summed E-state index contributed by atoms with van der Waals surface area (Å²) in [5.41, 5.74) is 0.384. The summed E-state index contributed by atoms with van der Waals surface area (Å²) in [5.74, 6) is -0.265. The maximum Gasteiger partial charge on any atom is 0.221 e. The van der Waals surface area contributed by atoms with Crippen molar-refractivity contribution in [2.75, 3.05) is 11.9 Å². The van der Waals surface area contributed by atoms with Gasteiger partial charge in [0, 0.05) is 19.0 Å². The average Bonchev–Trinajstić information content (AvgIpc) is 3.15. The van der Waals surface area contributed by atoms with Gasteiger partial charge in [0.25, 0.3) is 0 Å². The third-order valence-electron chi connectivity index (χ3n) is 2.78. The standard InChI is InChI=1S/C12H17FN4O/c1-2-9-11(13)12(16-7-15-9)14-6-5-10(18)17-8-3-4-8/h7-8H,2-6H2,1H3,(H,17,18)(H,14,15,16). The molecule has 1 aromatic heterocycles. The first-order chi connectivity index (χ1) is 8.70. The number of aromatic nitrogens is 2. The van der Waals surface area contributed by atoms with E-state index in [1.165, 1.54) is 6.33 Å². The Morgan fingerprint density at radius 3 is 2.94 bits per heavy atom. The van der Waals surface area contributed by atoms with E-state index in [9.17, 15) is 9.18 Å². The van der Waals surface area contributed by atoms with E-state index in [2.05, 4.69) is 20.6 Å². The predicted molar refractivity (Wildman–Crippen MR) is 65.6 cm³/mol. The molecule has 5 nitrogen and oxygen atoms in total. The number of anilines is 1. The summed E-state index contributed by atoms with van der Waals surface area (Å²) in [6, 6.07) is 0.361. The van der Waals surface area contributed by atoms with Crippen molar-refractivity contribution in [1.29, 1.82) is 0 Å². The summed E-state index contributed by atoms with van der Waals surface area (Å²) in [5, 5.41) is 5.70. The molecule has 0 aromatic carbocycles. The van der Waals surface area contributed by atoms with Gasteiger partial charge in [-0.05, 0) is 19.3 Å². The number of amides is 1. The number of nitrogens with zero attached hydrogens (tertiary/aromatic N) is 2. The summed E-state index contributed by atoms with van der Waals surface area (Å²) in [7, 11) is 0. The number of halogens is 1. The van der Waals surface area contributed by atoms with Gasteiger partial charge >= 0.3 is 0 Å². The average molecular weight is 252 g/mol. The van der Waals surface area contributed by atoms with Crippen LogP contribution in [0.25, 0.3) is 0 Å². The molecular weight excluding hydrogens is 235 g/mol. The van der Waals surface area contributed by atoms with E-state index in [-0.39, 0.29) is 11.7 Å². The molecule has 1 aliphatic rings. The normalized spacial score (nSPS) is 14.3. The van der Waals surface area contributed by atoms with Crippen molar-refractivity contribution in [1.82, 2.24) is 15.3 Å².